The number of anilines is 1. The Hall–Kier alpha value is -3.95. The molecule has 2 aromatic carbocycles. The van der Waals surface area contributed by atoms with Crippen molar-refractivity contribution in [1.29, 1.82) is 0 Å². The number of primary amides is 1. The second-order valence-electron chi connectivity index (χ2n) is 18.1. The van der Waals surface area contributed by atoms with Gasteiger partial charge in [-0.15, -0.1) is 0 Å². The average molecular weight is 774 g/mol. The van der Waals surface area contributed by atoms with E-state index in [-0.39, 0.29) is 40.9 Å². The standard InChI is InChI=1S/C41H56FN7O5Si/c1-39(2,3)53-38(51)49-26-16-17-41(49,36(43)50)24-48(22-26)35-31-21-44-33(32(42)34(31)45-37(46-35)52-23-27-14-12-18-47(27)7)30-20-28(54-55(8,9)40(4,5)6)19-25-13-10-11-15-29(25)30/h10-11,13,15,19-21,26-27,38,51H,12,14,16-18,22-24H2,1-9H3,(H2,43,50)/t26?,27-,38?,41?/m0/s1. The number of nitrogens with two attached hydrogens (primary N) is 1. The van der Waals surface area contributed by atoms with E-state index >= 15 is 4.39 Å². The van der Waals surface area contributed by atoms with Gasteiger partial charge in [-0.25, -0.2) is 9.29 Å². The smallest absolute Gasteiger partial charge is 0.319 e. The van der Waals surface area contributed by atoms with E-state index in [1.165, 1.54) is 0 Å². The molecule has 3 saturated heterocycles. The Kier molecular flexibility index (Phi) is 10.2. The minimum Gasteiger partial charge on any atom is -0.543 e. The Balaban J connectivity index is 1.35. The van der Waals surface area contributed by atoms with Crippen LogP contribution in [-0.2, 0) is 9.53 Å². The molecule has 12 nitrogen and oxygen atoms in total. The van der Waals surface area contributed by atoms with Crippen LogP contribution in [0.4, 0.5) is 10.2 Å². The number of likely N-dealkylation sites (tertiary alicyclic amines) is 1. The summed E-state index contributed by atoms with van der Waals surface area (Å²) >= 11 is 0. The normalized spacial score (nSPS) is 23.1. The summed E-state index contributed by atoms with van der Waals surface area (Å²) in [6, 6.07) is 11.6. The van der Waals surface area contributed by atoms with Crippen molar-refractivity contribution in [3.8, 4) is 23.0 Å². The molecular weight excluding hydrogens is 718 g/mol. The van der Waals surface area contributed by atoms with E-state index in [0.29, 0.717) is 48.5 Å². The Morgan fingerprint density at radius 3 is 2.53 bits per heavy atom. The molecule has 0 saturated carbocycles. The molecular formula is C41H56FN7O5Si. The number of fused-ring (bicyclic) bond motifs is 4. The van der Waals surface area contributed by atoms with Gasteiger partial charge in [-0.1, -0.05) is 45.0 Å². The Morgan fingerprint density at radius 2 is 1.85 bits per heavy atom. The predicted molar refractivity (Wildman–Crippen MR) is 215 cm³/mol. The van der Waals surface area contributed by atoms with Crippen LogP contribution < -0.4 is 19.8 Å². The average Bonchev–Trinajstić information content (AvgIpc) is 3.62. The number of nitrogens with zero attached hydrogens (tertiary/aromatic N) is 6. The van der Waals surface area contributed by atoms with Crippen molar-refractivity contribution in [2.24, 2.45) is 5.73 Å². The molecule has 3 N–H and O–H groups in total. The van der Waals surface area contributed by atoms with Gasteiger partial charge in [0.15, 0.2) is 5.82 Å². The highest BCUT2D eigenvalue weighted by Crippen LogP contribution is 2.45. The molecule has 3 aliphatic heterocycles. The van der Waals surface area contributed by atoms with Crippen LogP contribution in [0, 0.1) is 5.82 Å². The Labute approximate surface area is 324 Å². The van der Waals surface area contributed by atoms with E-state index in [9.17, 15) is 9.90 Å². The molecule has 4 atom stereocenters. The van der Waals surface area contributed by atoms with Crippen LogP contribution in [0.5, 0.6) is 11.8 Å². The zero-order valence-electron chi connectivity index (χ0n) is 33.6. The number of halogens is 1. The Bertz CT molecular complexity index is 2110. The number of carbonyl (C=O) groups excluding carboxylic acids is 1. The topological polar surface area (TPSA) is 139 Å². The number of benzene rings is 2. The SMILES string of the molecule is CN1CCC[C@H]1COc1nc(N2CC3CCC(C(N)=O)(C2)N3C(O)OC(C)(C)C)c2cnc(-c3cc(O[Si](C)(C)C(C)(C)C)cc4ccccc34)c(F)c2n1. The molecule has 7 rings (SSSR count). The first-order chi connectivity index (χ1) is 25.8. The van der Waals surface area contributed by atoms with Crippen molar-refractivity contribution < 1.29 is 28.2 Å². The number of pyridine rings is 1. The van der Waals surface area contributed by atoms with Crippen molar-refractivity contribution in [1.82, 2.24) is 24.8 Å². The highest BCUT2D eigenvalue weighted by molar-refractivity contribution is 6.74. The lowest BCUT2D eigenvalue weighted by Crippen LogP contribution is -2.70. The summed E-state index contributed by atoms with van der Waals surface area (Å²) in [5.74, 6) is -0.133. The summed E-state index contributed by atoms with van der Waals surface area (Å²) < 4.78 is 36.3. The molecule has 4 aromatic rings. The van der Waals surface area contributed by atoms with E-state index in [4.69, 9.17) is 34.6 Å². The number of aromatic nitrogens is 3. The number of ether oxygens (including phenoxy) is 2. The molecule has 2 aromatic heterocycles. The van der Waals surface area contributed by atoms with Crippen LogP contribution in [0.3, 0.4) is 0 Å². The number of rotatable bonds is 10. The van der Waals surface area contributed by atoms with Crippen molar-refractivity contribution in [3.63, 3.8) is 0 Å². The van der Waals surface area contributed by atoms with Gasteiger partial charge in [-0.3, -0.25) is 9.78 Å². The van der Waals surface area contributed by atoms with Crippen molar-refractivity contribution in [2.75, 3.05) is 38.2 Å². The highest BCUT2D eigenvalue weighted by Gasteiger charge is 2.58. The molecule has 3 unspecified atom stereocenters. The fourth-order valence-electron chi connectivity index (χ4n) is 8.11. The first-order valence-corrected chi connectivity index (χ1v) is 22.3. The number of aliphatic hydroxyl groups is 1. The van der Waals surface area contributed by atoms with Crippen molar-refractivity contribution in [2.45, 2.75) is 115 Å². The molecule has 0 spiro atoms. The van der Waals surface area contributed by atoms with Crippen LogP contribution in [0.1, 0.15) is 67.2 Å². The van der Waals surface area contributed by atoms with Gasteiger partial charge in [-0.2, -0.15) is 9.97 Å². The van der Waals surface area contributed by atoms with Gasteiger partial charge < -0.3 is 34.5 Å². The molecule has 0 radical (unpaired) electrons. The second kappa shape index (κ2) is 14.2. The van der Waals surface area contributed by atoms with E-state index in [1.807, 2.05) is 62.1 Å². The van der Waals surface area contributed by atoms with E-state index in [2.05, 4.69) is 45.8 Å². The zero-order valence-corrected chi connectivity index (χ0v) is 34.6. The third-order valence-electron chi connectivity index (χ3n) is 12.1. The highest BCUT2D eigenvalue weighted by atomic mass is 28.4. The lowest BCUT2D eigenvalue weighted by molar-refractivity contribution is -0.263. The van der Waals surface area contributed by atoms with Crippen LogP contribution in [0.15, 0.2) is 42.6 Å². The van der Waals surface area contributed by atoms with Gasteiger partial charge in [0.2, 0.25) is 20.6 Å². The van der Waals surface area contributed by atoms with E-state index in [1.54, 1.807) is 11.1 Å². The van der Waals surface area contributed by atoms with E-state index in [0.717, 1.165) is 30.2 Å². The second-order valence-corrected chi connectivity index (χ2v) is 22.8. The molecule has 0 aliphatic carbocycles. The number of hydrogen-bond acceptors (Lipinski definition) is 11. The van der Waals surface area contributed by atoms with Gasteiger partial charge in [-0.05, 0) is 101 Å². The van der Waals surface area contributed by atoms with Crippen LogP contribution in [0.2, 0.25) is 18.1 Å². The lowest BCUT2D eigenvalue weighted by Gasteiger charge is -2.49. The predicted octanol–water partition coefficient (Wildman–Crippen LogP) is 6.44. The maximum atomic E-state index is 17.4. The molecule has 3 aliphatic rings. The molecule has 2 bridgehead atoms. The summed E-state index contributed by atoms with van der Waals surface area (Å²) in [7, 11) is -0.174. The third kappa shape index (κ3) is 7.39. The van der Waals surface area contributed by atoms with Gasteiger partial charge in [0.25, 0.3) is 0 Å². The van der Waals surface area contributed by atoms with Crippen LogP contribution in [-0.4, -0.2) is 107 Å². The number of likely N-dealkylation sites (N-methyl/N-ethyl adjacent to an activating group) is 1. The third-order valence-corrected chi connectivity index (χ3v) is 16.5. The van der Waals surface area contributed by atoms with Gasteiger partial charge in [0, 0.05) is 36.9 Å². The minimum atomic E-state index is -2.24. The van der Waals surface area contributed by atoms with Gasteiger partial charge >= 0.3 is 6.01 Å². The lowest BCUT2D eigenvalue weighted by atomic mass is 9.93. The molecule has 296 valence electrons. The molecule has 55 heavy (non-hydrogen) atoms. The number of carbonyl (C=O) groups is 1. The first-order valence-electron chi connectivity index (χ1n) is 19.4. The summed E-state index contributed by atoms with van der Waals surface area (Å²) in [5, 5.41) is 13.4. The van der Waals surface area contributed by atoms with Crippen molar-refractivity contribution >= 4 is 41.7 Å². The first kappa shape index (κ1) is 39.3. The number of hydrogen-bond donors (Lipinski definition) is 2. The maximum Gasteiger partial charge on any atom is 0.319 e. The summed E-state index contributed by atoms with van der Waals surface area (Å²) in [4.78, 5) is 33.6. The number of aliphatic hydroxyl groups excluding tert-OH is 1. The van der Waals surface area contributed by atoms with Gasteiger partial charge in [0.1, 0.15) is 34.9 Å². The summed E-state index contributed by atoms with van der Waals surface area (Å²) in [6.07, 6.45) is 3.32. The molecule has 1 amide bonds. The van der Waals surface area contributed by atoms with Crippen molar-refractivity contribution in [3.05, 3.63) is 48.4 Å². The quantitative estimate of drug-likeness (QED) is 0.136. The van der Waals surface area contributed by atoms with Gasteiger partial charge in [0.05, 0.1) is 11.0 Å². The molecule has 5 heterocycles. The fourth-order valence-corrected chi connectivity index (χ4v) is 9.13. The zero-order chi connectivity index (χ0) is 39.7. The van der Waals surface area contributed by atoms with Crippen LogP contribution >= 0.6 is 0 Å². The Morgan fingerprint density at radius 1 is 1.11 bits per heavy atom. The molecule has 3 fully saturated rings. The van der Waals surface area contributed by atoms with E-state index < -0.39 is 37.6 Å². The number of piperazine rings is 1. The van der Waals surface area contributed by atoms with Crippen LogP contribution in [0.25, 0.3) is 32.9 Å². The fraction of sp³-hybridized carbons (Fsp3) is 0.561. The number of amides is 1. The largest absolute Gasteiger partial charge is 0.543 e. The monoisotopic (exact) mass is 773 g/mol. The summed E-state index contributed by atoms with van der Waals surface area (Å²) in [6.45, 7) is 18.3. The molecule has 14 heteroatoms. The minimum absolute atomic E-state index is 0.0396. The maximum absolute atomic E-state index is 17.4. The summed E-state index contributed by atoms with van der Waals surface area (Å²) in [5.41, 5.74) is 5.02.